The monoisotopic (exact) mass is 414 g/mol. The van der Waals surface area contributed by atoms with Crippen molar-refractivity contribution in [2.24, 2.45) is 5.14 Å². The van der Waals surface area contributed by atoms with Gasteiger partial charge >= 0.3 is 0 Å². The van der Waals surface area contributed by atoms with E-state index in [0.717, 1.165) is 5.56 Å². The minimum atomic E-state index is -4.45. The molecule has 0 spiro atoms. The number of aromatic nitrogens is 1. The lowest BCUT2D eigenvalue weighted by molar-refractivity contribution is 0.230. The van der Waals surface area contributed by atoms with Crippen molar-refractivity contribution in [1.29, 1.82) is 0 Å². The Morgan fingerprint density at radius 1 is 1.22 bits per heavy atom. The van der Waals surface area contributed by atoms with E-state index >= 15 is 0 Å². The van der Waals surface area contributed by atoms with Gasteiger partial charge in [-0.1, -0.05) is 28.9 Å². The highest BCUT2D eigenvalue weighted by molar-refractivity contribution is 7.89. The van der Waals surface area contributed by atoms with Crippen LogP contribution in [0.5, 0.6) is 0 Å². The minimum absolute atomic E-state index is 0.0187. The molecule has 2 aromatic carbocycles. The zero-order valence-corrected chi connectivity index (χ0v) is 15.4. The van der Waals surface area contributed by atoms with Gasteiger partial charge in [0.25, 0.3) is 0 Å². The number of halogens is 3. The first kappa shape index (κ1) is 19.4. The van der Waals surface area contributed by atoms with Gasteiger partial charge in [0.05, 0.1) is 5.56 Å². The number of aliphatic hydroxyl groups is 1. The minimum Gasteiger partial charge on any atom is -0.388 e. The largest absolute Gasteiger partial charge is 0.388 e. The van der Waals surface area contributed by atoms with E-state index in [1.807, 2.05) is 0 Å². The number of rotatable bonds is 4. The summed E-state index contributed by atoms with van der Waals surface area (Å²) in [6, 6.07) is 6.05. The van der Waals surface area contributed by atoms with E-state index in [2.05, 4.69) is 5.16 Å². The molecule has 6 nitrogen and oxygen atoms in total. The molecule has 0 aliphatic heterocycles. The molecule has 0 bridgehead atoms. The van der Waals surface area contributed by atoms with Gasteiger partial charge in [-0.15, -0.1) is 0 Å². The van der Waals surface area contributed by atoms with Crippen LogP contribution in [0.4, 0.5) is 8.78 Å². The summed E-state index contributed by atoms with van der Waals surface area (Å²) in [7, 11) is -4.45. The van der Waals surface area contributed by atoms with Crippen molar-refractivity contribution in [1.82, 2.24) is 5.16 Å². The van der Waals surface area contributed by atoms with Gasteiger partial charge in [-0.2, -0.15) is 0 Å². The predicted molar refractivity (Wildman–Crippen MR) is 94.3 cm³/mol. The second kappa shape index (κ2) is 7.01. The summed E-state index contributed by atoms with van der Waals surface area (Å²) < 4.78 is 56.6. The summed E-state index contributed by atoms with van der Waals surface area (Å²) >= 11 is 6.11. The highest BCUT2D eigenvalue weighted by Crippen LogP contribution is 2.38. The molecule has 0 radical (unpaired) electrons. The van der Waals surface area contributed by atoms with Crippen LogP contribution in [0.3, 0.4) is 0 Å². The Labute approximate surface area is 158 Å². The van der Waals surface area contributed by atoms with Gasteiger partial charge in [-0.05, 0) is 30.7 Å². The molecular weight excluding hydrogens is 402 g/mol. The molecule has 142 valence electrons. The van der Waals surface area contributed by atoms with E-state index in [-0.39, 0.29) is 22.6 Å². The number of hydrogen-bond acceptors (Lipinski definition) is 5. The third kappa shape index (κ3) is 3.59. The van der Waals surface area contributed by atoms with Crippen molar-refractivity contribution in [2.45, 2.75) is 18.4 Å². The maximum Gasteiger partial charge on any atom is 0.241 e. The Hall–Kier alpha value is -2.33. The smallest absolute Gasteiger partial charge is 0.241 e. The van der Waals surface area contributed by atoms with Gasteiger partial charge in [0.15, 0.2) is 5.76 Å². The molecular formula is C17H13ClF2N2O4S. The Bertz CT molecular complexity index is 1150. The fourth-order valence-electron chi connectivity index (χ4n) is 2.59. The summed E-state index contributed by atoms with van der Waals surface area (Å²) in [4.78, 5) is -0.981. The molecule has 0 aliphatic carbocycles. The molecule has 1 aromatic heterocycles. The Morgan fingerprint density at radius 3 is 2.52 bits per heavy atom. The average molecular weight is 415 g/mol. The van der Waals surface area contributed by atoms with Crippen LogP contribution in [-0.2, 0) is 16.6 Å². The summed E-state index contributed by atoms with van der Waals surface area (Å²) in [5.41, 5.74) is 0.997. The molecule has 0 saturated heterocycles. The predicted octanol–water partition coefficient (Wildman–Crippen LogP) is 3.39. The third-order valence-corrected chi connectivity index (χ3v) is 5.28. The van der Waals surface area contributed by atoms with Crippen molar-refractivity contribution in [2.75, 3.05) is 0 Å². The zero-order valence-electron chi connectivity index (χ0n) is 13.8. The van der Waals surface area contributed by atoms with E-state index in [0.29, 0.717) is 22.7 Å². The lowest BCUT2D eigenvalue weighted by Gasteiger charge is -2.09. The van der Waals surface area contributed by atoms with Crippen LogP contribution in [0, 0.1) is 18.6 Å². The maximum absolute atomic E-state index is 14.6. The molecule has 3 rings (SSSR count). The Balaban J connectivity index is 2.27. The van der Waals surface area contributed by atoms with E-state index in [9.17, 15) is 22.3 Å². The van der Waals surface area contributed by atoms with Gasteiger partial charge < -0.3 is 9.63 Å². The Morgan fingerprint density at radius 2 is 1.93 bits per heavy atom. The van der Waals surface area contributed by atoms with Crippen molar-refractivity contribution >= 4 is 21.6 Å². The summed E-state index contributed by atoms with van der Waals surface area (Å²) in [6.07, 6.45) is 0. The number of aliphatic hydroxyl groups excluding tert-OH is 1. The van der Waals surface area contributed by atoms with Crippen LogP contribution in [0.2, 0.25) is 5.02 Å². The van der Waals surface area contributed by atoms with Crippen LogP contribution >= 0.6 is 11.6 Å². The highest BCUT2D eigenvalue weighted by Gasteiger charge is 2.25. The molecule has 3 N–H and O–H groups in total. The number of nitrogens with two attached hydrogens (primary N) is 1. The number of hydrogen-bond donors (Lipinski definition) is 2. The van der Waals surface area contributed by atoms with Crippen LogP contribution in [0.25, 0.3) is 22.4 Å². The van der Waals surface area contributed by atoms with Crippen LogP contribution < -0.4 is 5.14 Å². The molecule has 0 aliphatic rings. The van der Waals surface area contributed by atoms with Crippen LogP contribution in [0.1, 0.15) is 11.3 Å². The lowest BCUT2D eigenvalue weighted by Crippen LogP contribution is -2.14. The van der Waals surface area contributed by atoms with Gasteiger partial charge in [0.2, 0.25) is 10.0 Å². The number of sulfonamides is 1. The second-order valence-electron chi connectivity index (χ2n) is 5.76. The molecule has 10 heteroatoms. The van der Waals surface area contributed by atoms with E-state index < -0.39 is 33.2 Å². The van der Waals surface area contributed by atoms with Gasteiger partial charge in [-0.3, -0.25) is 0 Å². The number of nitrogens with zero attached hydrogens (tertiary/aromatic N) is 1. The molecule has 27 heavy (non-hydrogen) atoms. The Kier molecular flexibility index (Phi) is 5.04. The van der Waals surface area contributed by atoms with Crippen molar-refractivity contribution in [3.05, 3.63) is 58.3 Å². The first-order valence-corrected chi connectivity index (χ1v) is 9.44. The van der Waals surface area contributed by atoms with Crippen LogP contribution in [0.15, 0.2) is 39.8 Å². The fraction of sp³-hybridized carbons (Fsp3) is 0.118. The molecule has 3 aromatic rings. The molecule has 0 fully saturated rings. The molecule has 0 unspecified atom stereocenters. The number of aryl methyl sites for hydroxylation is 1. The topological polar surface area (TPSA) is 106 Å². The van der Waals surface area contributed by atoms with E-state index in [1.165, 1.54) is 0 Å². The van der Waals surface area contributed by atoms with Crippen molar-refractivity contribution in [3.8, 4) is 22.4 Å². The molecule has 0 saturated carbocycles. The third-order valence-electron chi connectivity index (χ3n) is 3.95. The summed E-state index contributed by atoms with van der Waals surface area (Å²) in [5.74, 6) is -2.44. The quantitative estimate of drug-likeness (QED) is 0.680. The maximum atomic E-state index is 14.6. The lowest BCUT2D eigenvalue weighted by atomic mass is 9.98. The summed E-state index contributed by atoms with van der Waals surface area (Å²) in [5, 5.41) is 18.6. The van der Waals surface area contributed by atoms with Crippen LogP contribution in [-0.4, -0.2) is 18.7 Å². The van der Waals surface area contributed by atoms with Crippen molar-refractivity contribution in [3.63, 3.8) is 0 Å². The SMILES string of the molecule is Cc1ccc(-c2noc(CO)c2-c2cc(F)c(S(N)(=O)=O)cc2F)cc1Cl. The number of benzene rings is 2. The van der Waals surface area contributed by atoms with Crippen molar-refractivity contribution < 1.29 is 26.8 Å². The average Bonchev–Trinajstić information content (AvgIpc) is 3.01. The first-order valence-electron chi connectivity index (χ1n) is 7.51. The normalized spacial score (nSPS) is 11.8. The van der Waals surface area contributed by atoms with Gasteiger partial charge in [-0.25, -0.2) is 22.3 Å². The molecule has 0 amide bonds. The van der Waals surface area contributed by atoms with E-state index in [4.69, 9.17) is 21.3 Å². The highest BCUT2D eigenvalue weighted by atomic mass is 35.5. The van der Waals surface area contributed by atoms with Gasteiger partial charge in [0.1, 0.15) is 28.8 Å². The number of primary sulfonamides is 1. The molecule has 0 atom stereocenters. The first-order chi connectivity index (χ1) is 12.6. The summed E-state index contributed by atoms with van der Waals surface area (Å²) in [6.45, 7) is 1.15. The standard InChI is InChI=1S/C17H13ClF2N2O4S/c1-8-2-3-9(4-11(8)18)17-16(14(7-23)26-22-17)10-5-13(20)15(6-12(10)19)27(21,24)25/h2-6,23H,7H2,1H3,(H2,21,24,25). The zero-order chi connectivity index (χ0) is 19.9. The fourth-order valence-corrected chi connectivity index (χ4v) is 3.36. The second-order valence-corrected chi connectivity index (χ2v) is 7.70. The molecule has 1 heterocycles. The van der Waals surface area contributed by atoms with E-state index in [1.54, 1.807) is 25.1 Å². The van der Waals surface area contributed by atoms with Gasteiger partial charge in [0, 0.05) is 16.1 Å².